The normalized spacial score (nSPS) is 12.0. The van der Waals surface area contributed by atoms with E-state index in [1.807, 2.05) is 0 Å². The molecule has 2 N–H and O–H groups in total. The number of hydrogen-bond acceptors (Lipinski definition) is 2. The van der Waals surface area contributed by atoms with E-state index in [1.54, 1.807) is 0 Å². The Bertz CT molecular complexity index is 352. The summed E-state index contributed by atoms with van der Waals surface area (Å²) >= 11 is 0. The molecule has 0 aromatic rings. The zero-order valence-corrected chi connectivity index (χ0v) is 24.6. The van der Waals surface area contributed by atoms with Crippen LogP contribution in [0, 0.1) is 0 Å². The zero-order chi connectivity index (χ0) is 25.7. The van der Waals surface area contributed by atoms with E-state index in [0.717, 1.165) is 12.8 Å². The van der Waals surface area contributed by atoms with Crippen LogP contribution in [0.3, 0.4) is 0 Å². The van der Waals surface area contributed by atoms with Gasteiger partial charge in [-0.15, -0.1) is 0 Å². The molecule has 0 aliphatic heterocycles. The first-order chi connectivity index (χ1) is 17.1. The number of nitrogens with zero attached hydrogens (tertiary/aromatic N) is 1. The fraction of sp³-hybridized carbons (Fsp3) is 1.00. The molecule has 0 saturated carbocycles. The molecular weight excluding hydrogens is 430 g/mol. The summed E-state index contributed by atoms with van der Waals surface area (Å²) in [4.78, 5) is 0. The van der Waals surface area contributed by atoms with Crippen molar-refractivity contribution in [1.29, 1.82) is 0 Å². The van der Waals surface area contributed by atoms with Gasteiger partial charge in [-0.3, -0.25) is 0 Å². The predicted octanol–water partition coefficient (Wildman–Crippen LogP) is 9.19. The van der Waals surface area contributed by atoms with Crippen molar-refractivity contribution in [2.45, 2.75) is 167 Å². The molecule has 3 heteroatoms. The topological polar surface area (TPSA) is 40.5 Å². The molecule has 0 aromatic heterocycles. The van der Waals surface area contributed by atoms with Crippen LogP contribution >= 0.6 is 0 Å². The Hall–Kier alpha value is -0.120. The van der Waals surface area contributed by atoms with E-state index in [9.17, 15) is 0 Å². The molecule has 0 amide bonds. The highest BCUT2D eigenvalue weighted by atomic mass is 16.3. The number of hydrogen-bond donors (Lipinski definition) is 2. The molecule has 0 atom stereocenters. The van der Waals surface area contributed by atoms with Crippen LogP contribution in [0.2, 0.25) is 0 Å². The van der Waals surface area contributed by atoms with E-state index in [-0.39, 0.29) is 0 Å². The molecule has 0 bridgehead atoms. The Balaban J connectivity index is 3.28. The molecule has 35 heavy (non-hydrogen) atoms. The van der Waals surface area contributed by atoms with Crippen molar-refractivity contribution in [2.75, 3.05) is 40.4 Å². The fourth-order valence-corrected chi connectivity index (χ4v) is 5.30. The maximum absolute atomic E-state index is 8.79. The van der Waals surface area contributed by atoms with Gasteiger partial charge in [0.2, 0.25) is 0 Å². The largest absolute Gasteiger partial charge is 0.396 e. The number of unbranched alkanes of at least 4 members (excludes halogenated alkanes) is 24. The van der Waals surface area contributed by atoms with Crippen LogP contribution < -0.4 is 0 Å². The average molecular weight is 499 g/mol. The molecule has 0 unspecified atom stereocenters. The Morgan fingerprint density at radius 1 is 0.286 bits per heavy atom. The first-order valence-electron chi connectivity index (χ1n) is 16.2. The van der Waals surface area contributed by atoms with Crippen molar-refractivity contribution >= 4 is 0 Å². The van der Waals surface area contributed by atoms with E-state index < -0.39 is 0 Å². The van der Waals surface area contributed by atoms with Crippen LogP contribution in [0.5, 0.6) is 0 Å². The standard InChI is InChI=1S/C32H68NO2/c1-33(2,29-25-21-17-13-9-5-3-7-11-15-19-23-27-31-34)30-26-22-18-14-10-6-4-8-12-16-20-24-28-32-35/h34-35H,3-32H2,1-2H3/q+1. The van der Waals surface area contributed by atoms with E-state index >= 15 is 0 Å². The molecule has 0 aliphatic carbocycles. The number of quaternary nitrogens is 1. The molecule has 0 saturated heterocycles. The summed E-state index contributed by atoms with van der Waals surface area (Å²) in [7, 11) is 4.88. The van der Waals surface area contributed by atoms with Gasteiger partial charge in [-0.05, 0) is 38.5 Å². The van der Waals surface area contributed by atoms with Crippen molar-refractivity contribution in [3.63, 3.8) is 0 Å². The summed E-state index contributed by atoms with van der Waals surface area (Å²) < 4.78 is 1.22. The third-order valence-corrected chi connectivity index (χ3v) is 7.84. The summed E-state index contributed by atoms with van der Waals surface area (Å²) in [6, 6.07) is 0. The Morgan fingerprint density at radius 3 is 0.657 bits per heavy atom. The van der Waals surface area contributed by atoms with Gasteiger partial charge in [0.05, 0.1) is 27.2 Å². The molecular formula is C32H68NO2+. The Kier molecular flexibility index (Phi) is 28.4. The maximum Gasteiger partial charge on any atom is 0.0782 e. The van der Waals surface area contributed by atoms with Crippen molar-refractivity contribution in [1.82, 2.24) is 0 Å². The number of aliphatic hydroxyl groups is 2. The zero-order valence-electron chi connectivity index (χ0n) is 24.6. The summed E-state index contributed by atoms with van der Waals surface area (Å²) in [5, 5.41) is 17.6. The summed E-state index contributed by atoms with van der Waals surface area (Å²) in [6.07, 6.45) is 35.4. The highest BCUT2D eigenvalue weighted by Crippen LogP contribution is 2.15. The Labute approximate surface area is 222 Å². The molecule has 0 spiro atoms. The van der Waals surface area contributed by atoms with Gasteiger partial charge in [-0.1, -0.05) is 128 Å². The van der Waals surface area contributed by atoms with Gasteiger partial charge >= 0.3 is 0 Å². The summed E-state index contributed by atoms with van der Waals surface area (Å²) in [5.74, 6) is 0. The molecule has 3 nitrogen and oxygen atoms in total. The number of rotatable bonds is 30. The molecule has 0 aliphatic rings. The molecule has 212 valence electrons. The lowest BCUT2D eigenvalue weighted by Gasteiger charge is -2.30. The summed E-state index contributed by atoms with van der Waals surface area (Å²) in [6.45, 7) is 3.45. The third kappa shape index (κ3) is 30.0. The quantitative estimate of drug-likeness (QED) is 0.0765. The second-order valence-corrected chi connectivity index (χ2v) is 12.0. The van der Waals surface area contributed by atoms with Crippen LogP contribution in [0.15, 0.2) is 0 Å². The molecule has 0 radical (unpaired) electrons. The second-order valence-electron chi connectivity index (χ2n) is 12.0. The Morgan fingerprint density at radius 2 is 0.457 bits per heavy atom. The van der Waals surface area contributed by atoms with Crippen molar-refractivity contribution < 1.29 is 14.7 Å². The smallest absolute Gasteiger partial charge is 0.0782 e. The van der Waals surface area contributed by atoms with Gasteiger partial charge < -0.3 is 14.7 Å². The van der Waals surface area contributed by atoms with Crippen molar-refractivity contribution in [2.24, 2.45) is 0 Å². The first kappa shape index (κ1) is 34.9. The van der Waals surface area contributed by atoms with Gasteiger partial charge in [-0.2, -0.15) is 0 Å². The van der Waals surface area contributed by atoms with Crippen LogP contribution in [-0.2, 0) is 0 Å². The third-order valence-electron chi connectivity index (χ3n) is 7.84. The van der Waals surface area contributed by atoms with Gasteiger partial charge in [0, 0.05) is 13.2 Å². The van der Waals surface area contributed by atoms with Crippen LogP contribution in [0.1, 0.15) is 167 Å². The molecule has 0 rings (SSSR count). The van der Waals surface area contributed by atoms with Gasteiger partial charge in [-0.25, -0.2) is 0 Å². The monoisotopic (exact) mass is 499 g/mol. The predicted molar refractivity (Wildman–Crippen MR) is 156 cm³/mol. The van der Waals surface area contributed by atoms with E-state index in [1.165, 1.54) is 172 Å². The highest BCUT2D eigenvalue weighted by Gasteiger charge is 2.13. The minimum atomic E-state index is 0.367. The average Bonchev–Trinajstić information content (AvgIpc) is 2.84. The first-order valence-corrected chi connectivity index (χ1v) is 16.2. The van der Waals surface area contributed by atoms with Crippen LogP contribution in [-0.4, -0.2) is 55.1 Å². The second kappa shape index (κ2) is 28.5. The van der Waals surface area contributed by atoms with E-state index in [0.29, 0.717) is 13.2 Å². The molecule has 0 aromatic carbocycles. The van der Waals surface area contributed by atoms with Gasteiger partial charge in [0.25, 0.3) is 0 Å². The van der Waals surface area contributed by atoms with Crippen molar-refractivity contribution in [3.8, 4) is 0 Å². The van der Waals surface area contributed by atoms with Crippen LogP contribution in [0.25, 0.3) is 0 Å². The van der Waals surface area contributed by atoms with Gasteiger partial charge in [0.15, 0.2) is 0 Å². The summed E-state index contributed by atoms with van der Waals surface area (Å²) in [5.41, 5.74) is 0. The SMILES string of the molecule is C[N+](C)(CCCCCCCCCCCCCCCO)CCCCCCCCCCCCCCCO. The lowest BCUT2D eigenvalue weighted by atomic mass is 10.0. The minimum Gasteiger partial charge on any atom is -0.396 e. The van der Waals surface area contributed by atoms with Gasteiger partial charge in [0.1, 0.15) is 0 Å². The lowest BCUT2D eigenvalue weighted by molar-refractivity contribution is -0.890. The van der Waals surface area contributed by atoms with E-state index in [4.69, 9.17) is 10.2 Å². The van der Waals surface area contributed by atoms with E-state index in [2.05, 4.69) is 14.1 Å². The fourth-order valence-electron chi connectivity index (χ4n) is 5.30. The molecule has 0 heterocycles. The van der Waals surface area contributed by atoms with Crippen molar-refractivity contribution in [3.05, 3.63) is 0 Å². The maximum atomic E-state index is 8.79. The molecule has 0 fully saturated rings. The highest BCUT2D eigenvalue weighted by molar-refractivity contribution is 4.51. The minimum absolute atomic E-state index is 0.367. The van der Waals surface area contributed by atoms with Crippen LogP contribution in [0.4, 0.5) is 0 Å². The number of aliphatic hydroxyl groups excluding tert-OH is 2. The lowest BCUT2D eigenvalue weighted by Crippen LogP contribution is -2.41.